The van der Waals surface area contributed by atoms with Gasteiger partial charge in [0.2, 0.25) is 0 Å². The highest BCUT2D eigenvalue weighted by atomic mass is 31.2. The van der Waals surface area contributed by atoms with E-state index in [1.807, 2.05) is 0 Å². The minimum Gasteiger partial charge on any atom is -0.462 e. The molecule has 1 aliphatic rings. The van der Waals surface area contributed by atoms with Gasteiger partial charge < -0.3 is 29.2 Å². The lowest BCUT2D eigenvalue weighted by Gasteiger charge is -2.24. The van der Waals surface area contributed by atoms with Crippen LogP contribution in [-0.4, -0.2) is 78.8 Å². The Kier molecular flexibility index (Phi) is 10.2. The van der Waals surface area contributed by atoms with E-state index in [1.54, 1.807) is 60.9 Å². The maximum atomic E-state index is 13.8. The van der Waals surface area contributed by atoms with Crippen molar-refractivity contribution in [1.29, 1.82) is 0 Å². The van der Waals surface area contributed by atoms with Crippen LogP contribution in [0.25, 0.3) is 11.2 Å². The molecule has 15 nitrogen and oxygen atoms in total. The molecule has 5 atom stereocenters. The van der Waals surface area contributed by atoms with Gasteiger partial charge in [-0.1, -0.05) is 18.2 Å². The number of esters is 1. The van der Waals surface area contributed by atoms with Crippen LogP contribution in [0.1, 0.15) is 43.8 Å². The molecule has 0 spiro atoms. The first-order valence-electron chi connectivity index (χ1n) is 14.2. The summed E-state index contributed by atoms with van der Waals surface area (Å²) in [5.41, 5.74) is 1.05. The van der Waals surface area contributed by atoms with Crippen LogP contribution < -0.4 is 14.9 Å². The third kappa shape index (κ3) is 8.07. The summed E-state index contributed by atoms with van der Waals surface area (Å²) in [6.07, 6.45) is 2.82. The number of aliphatic hydroxyl groups excluding tert-OH is 1. The largest absolute Gasteiger partial charge is 0.462 e. The summed E-state index contributed by atoms with van der Waals surface area (Å²) in [4.78, 5) is 41.8. The van der Waals surface area contributed by atoms with Crippen molar-refractivity contribution in [3.8, 4) is 5.75 Å². The number of hydrogen-bond acceptors (Lipinski definition) is 12. The van der Waals surface area contributed by atoms with E-state index < -0.39 is 43.9 Å². The van der Waals surface area contributed by atoms with Crippen LogP contribution in [-0.2, 0) is 23.6 Å². The maximum absolute atomic E-state index is 13.8. The van der Waals surface area contributed by atoms with Gasteiger partial charge in [0.05, 0.1) is 25.1 Å². The molecule has 16 heteroatoms. The summed E-state index contributed by atoms with van der Waals surface area (Å²) < 4.78 is 38.2. The number of aromatic nitrogens is 5. The van der Waals surface area contributed by atoms with Gasteiger partial charge in [-0.2, -0.15) is 0 Å². The number of imidazole rings is 1. The van der Waals surface area contributed by atoms with Crippen molar-refractivity contribution in [3.63, 3.8) is 0 Å². The zero-order chi connectivity index (χ0) is 32.0. The van der Waals surface area contributed by atoms with E-state index in [0.29, 0.717) is 22.5 Å². The first kappa shape index (κ1) is 32.1. The fraction of sp³-hybridized carbons (Fsp3) is 0.379. The Labute approximate surface area is 258 Å². The molecule has 1 saturated heterocycles. The molecular formula is C29H34N7O8P. The number of benzene rings is 1. The van der Waals surface area contributed by atoms with Gasteiger partial charge in [-0.05, 0) is 45.0 Å². The van der Waals surface area contributed by atoms with Crippen LogP contribution in [0, 0.1) is 0 Å². The number of anilines is 1. The van der Waals surface area contributed by atoms with Crippen LogP contribution in [0.4, 0.5) is 5.82 Å². The highest BCUT2D eigenvalue weighted by Crippen LogP contribution is 2.44. The third-order valence-electron chi connectivity index (χ3n) is 6.63. The summed E-state index contributed by atoms with van der Waals surface area (Å²) in [6, 6.07) is 10.7. The second-order valence-electron chi connectivity index (χ2n) is 10.6. The Bertz CT molecular complexity index is 1660. The summed E-state index contributed by atoms with van der Waals surface area (Å²) in [5, 5.41) is 16.3. The fourth-order valence-corrected chi connectivity index (χ4v) is 6.31. The van der Waals surface area contributed by atoms with Crippen LogP contribution in [0.2, 0.25) is 0 Å². The van der Waals surface area contributed by atoms with E-state index in [2.05, 4.69) is 30.3 Å². The lowest BCUT2D eigenvalue weighted by atomic mass is 10.2. The molecule has 4 heterocycles. The highest BCUT2D eigenvalue weighted by Gasteiger charge is 2.38. The van der Waals surface area contributed by atoms with Crippen LogP contribution in [0.3, 0.4) is 0 Å². The van der Waals surface area contributed by atoms with Gasteiger partial charge in [-0.15, -0.1) is 0 Å². The zero-order valence-electron chi connectivity index (χ0n) is 24.8. The number of amides is 1. The predicted octanol–water partition coefficient (Wildman–Crippen LogP) is 3.30. The Morgan fingerprint density at radius 1 is 1.11 bits per heavy atom. The Morgan fingerprint density at radius 3 is 2.60 bits per heavy atom. The van der Waals surface area contributed by atoms with Crippen molar-refractivity contribution in [2.45, 2.75) is 57.8 Å². The summed E-state index contributed by atoms with van der Waals surface area (Å²) in [6.45, 7) is 4.94. The monoisotopic (exact) mass is 639 g/mol. The van der Waals surface area contributed by atoms with Crippen molar-refractivity contribution in [2.24, 2.45) is 0 Å². The Balaban J connectivity index is 1.23. The Hall–Kier alpha value is -4.27. The van der Waals surface area contributed by atoms with Gasteiger partial charge in [-0.3, -0.25) is 23.7 Å². The van der Waals surface area contributed by atoms with Crippen LogP contribution in [0.15, 0.2) is 67.5 Å². The predicted molar refractivity (Wildman–Crippen MR) is 161 cm³/mol. The molecule has 45 heavy (non-hydrogen) atoms. The van der Waals surface area contributed by atoms with Gasteiger partial charge in [0.1, 0.15) is 30.6 Å². The van der Waals surface area contributed by atoms with Gasteiger partial charge in [0.15, 0.2) is 23.2 Å². The lowest BCUT2D eigenvalue weighted by molar-refractivity contribution is -0.149. The molecule has 238 valence electrons. The summed E-state index contributed by atoms with van der Waals surface area (Å²) in [7, 11) is -3.76. The molecule has 0 saturated carbocycles. The fourth-order valence-electron chi connectivity index (χ4n) is 4.63. The standard InChI is InChI=1S/C29H34N7O8P/c1-18(2)42-29(39)19(3)35-45(40,44-21-7-5-4-6-8-21)17-41-14-22-13-23(37)28(43-22)36-16-33-24-25(31-15-32-26(24)36)34-27(38)20-9-11-30-12-10-20/h4-12,15-16,18-19,22-23,28,37H,13-14,17H2,1-3H3,(H,35,40)(H,31,32,34,38)/t19?,22-,23-,28+,45?/m0/s1. The topological polar surface area (TPSA) is 189 Å². The van der Waals surface area contributed by atoms with Crippen molar-refractivity contribution >= 4 is 36.4 Å². The number of aliphatic hydroxyl groups is 1. The number of hydrogen-bond donors (Lipinski definition) is 3. The minimum absolute atomic E-state index is 0.0307. The van der Waals surface area contributed by atoms with Crippen molar-refractivity contribution < 1.29 is 38.0 Å². The first-order chi connectivity index (χ1) is 21.6. The van der Waals surface area contributed by atoms with E-state index in [-0.39, 0.29) is 31.3 Å². The second kappa shape index (κ2) is 14.2. The minimum atomic E-state index is -3.76. The van der Waals surface area contributed by atoms with Gasteiger partial charge in [0, 0.05) is 24.4 Å². The van der Waals surface area contributed by atoms with Gasteiger partial charge in [-0.25, -0.2) is 20.0 Å². The molecule has 1 aromatic carbocycles. The molecule has 2 unspecified atom stereocenters. The number of carbonyl (C=O) groups excluding carboxylic acids is 2. The van der Waals surface area contributed by atoms with E-state index in [0.717, 1.165) is 0 Å². The smallest absolute Gasteiger partial charge is 0.342 e. The number of pyridine rings is 1. The average molecular weight is 640 g/mol. The molecule has 1 amide bonds. The number of fused-ring (bicyclic) bond motifs is 1. The van der Waals surface area contributed by atoms with Crippen molar-refractivity contribution in [2.75, 3.05) is 18.3 Å². The van der Waals surface area contributed by atoms with E-state index in [1.165, 1.54) is 32.0 Å². The van der Waals surface area contributed by atoms with Gasteiger partial charge >= 0.3 is 13.5 Å². The highest BCUT2D eigenvalue weighted by molar-refractivity contribution is 7.57. The molecule has 0 aliphatic carbocycles. The first-order valence-corrected chi connectivity index (χ1v) is 16.0. The second-order valence-corrected chi connectivity index (χ2v) is 12.6. The number of carbonyl (C=O) groups is 2. The molecule has 3 aromatic heterocycles. The van der Waals surface area contributed by atoms with Crippen LogP contribution in [0.5, 0.6) is 5.75 Å². The van der Waals surface area contributed by atoms with E-state index >= 15 is 0 Å². The third-order valence-corrected chi connectivity index (χ3v) is 8.44. The number of nitrogens with one attached hydrogen (secondary N) is 2. The van der Waals surface area contributed by atoms with Crippen molar-refractivity contribution in [1.82, 2.24) is 29.6 Å². The van der Waals surface area contributed by atoms with Crippen LogP contribution >= 0.6 is 7.52 Å². The molecule has 1 fully saturated rings. The van der Waals surface area contributed by atoms with E-state index in [9.17, 15) is 19.3 Å². The van der Waals surface area contributed by atoms with Crippen molar-refractivity contribution in [3.05, 3.63) is 73.1 Å². The number of para-hydroxylation sites is 1. The molecule has 1 aliphatic heterocycles. The molecule has 3 N–H and O–H groups in total. The molecular weight excluding hydrogens is 605 g/mol. The molecule has 0 radical (unpaired) electrons. The normalized spacial score (nSPS) is 20.1. The number of ether oxygens (including phenoxy) is 3. The average Bonchev–Trinajstić information content (AvgIpc) is 3.61. The lowest BCUT2D eigenvalue weighted by Crippen LogP contribution is -2.36. The zero-order valence-corrected chi connectivity index (χ0v) is 25.7. The quantitative estimate of drug-likeness (QED) is 0.143. The number of rotatable bonds is 13. The SMILES string of the molecule is CC(C)OC(=O)C(C)NP(=O)(COC[C@@H]1C[C@H](O)[C@H](n2cnc3c(NC(=O)c4ccncc4)ncnc32)O1)Oc1ccccc1. The molecule has 0 bridgehead atoms. The molecule has 4 aromatic rings. The van der Waals surface area contributed by atoms with E-state index in [4.69, 9.17) is 18.7 Å². The van der Waals surface area contributed by atoms with Gasteiger partial charge in [0.25, 0.3) is 5.91 Å². The Morgan fingerprint density at radius 2 is 1.87 bits per heavy atom. The molecule has 5 rings (SSSR count). The summed E-state index contributed by atoms with van der Waals surface area (Å²) in [5.74, 6) is -0.445. The number of nitrogens with zero attached hydrogens (tertiary/aromatic N) is 5. The summed E-state index contributed by atoms with van der Waals surface area (Å²) >= 11 is 0. The maximum Gasteiger partial charge on any atom is 0.342 e.